The van der Waals surface area contributed by atoms with Gasteiger partial charge in [0.05, 0.1) is 14.8 Å². The Bertz CT molecular complexity index is 897. The lowest BCUT2D eigenvalue weighted by Gasteiger charge is -2.34. The van der Waals surface area contributed by atoms with Crippen LogP contribution in [0.4, 0.5) is 5.00 Å². The molecule has 0 bridgehead atoms. The third-order valence-electron chi connectivity index (χ3n) is 4.99. The molecular weight excluding hydrogens is 356 g/mol. The lowest BCUT2D eigenvalue weighted by atomic mass is 10.1. The second-order valence-corrected chi connectivity index (χ2v) is 9.50. The highest BCUT2D eigenvalue weighted by atomic mass is 32.2. The number of nitrogens with zero attached hydrogens (tertiary/aromatic N) is 2. The molecule has 0 N–H and O–H groups in total. The molecule has 0 unspecified atom stereocenters. The SMILES string of the molecule is O=Cc1ccc(N2CCN(S(=O)(=O)c3ccc4c(c3)CCC4)CC2)s1. The van der Waals surface area contributed by atoms with E-state index in [1.54, 1.807) is 16.4 Å². The van der Waals surface area contributed by atoms with Gasteiger partial charge in [0.2, 0.25) is 10.0 Å². The van der Waals surface area contributed by atoms with Gasteiger partial charge in [0.25, 0.3) is 0 Å². The molecule has 0 atom stereocenters. The fourth-order valence-corrected chi connectivity index (χ4v) is 5.93. The molecule has 1 aliphatic carbocycles. The number of carbonyl (C=O) groups excluding carboxylic acids is 1. The predicted molar refractivity (Wildman–Crippen MR) is 99.1 cm³/mol. The maximum atomic E-state index is 12.9. The van der Waals surface area contributed by atoms with E-state index < -0.39 is 10.0 Å². The summed E-state index contributed by atoms with van der Waals surface area (Å²) in [5, 5.41) is 1.02. The molecule has 132 valence electrons. The van der Waals surface area contributed by atoms with Crippen LogP contribution in [0.25, 0.3) is 0 Å². The summed E-state index contributed by atoms with van der Waals surface area (Å²) >= 11 is 1.45. The zero-order chi connectivity index (χ0) is 17.4. The van der Waals surface area contributed by atoms with E-state index in [1.165, 1.54) is 22.5 Å². The van der Waals surface area contributed by atoms with Crippen molar-refractivity contribution < 1.29 is 13.2 Å². The van der Waals surface area contributed by atoms with Gasteiger partial charge in [-0.1, -0.05) is 6.07 Å². The minimum absolute atomic E-state index is 0.418. The molecule has 2 aliphatic rings. The summed E-state index contributed by atoms with van der Waals surface area (Å²) in [5.41, 5.74) is 2.46. The van der Waals surface area contributed by atoms with Crippen LogP contribution in [-0.2, 0) is 22.9 Å². The average molecular weight is 377 g/mol. The van der Waals surface area contributed by atoms with Crippen molar-refractivity contribution in [1.82, 2.24) is 4.31 Å². The first-order valence-corrected chi connectivity index (χ1v) is 10.8. The first-order chi connectivity index (χ1) is 12.1. The van der Waals surface area contributed by atoms with Gasteiger partial charge in [0.1, 0.15) is 0 Å². The van der Waals surface area contributed by atoms with Crippen LogP contribution < -0.4 is 4.90 Å². The highest BCUT2D eigenvalue weighted by Gasteiger charge is 2.29. The fourth-order valence-electron chi connectivity index (χ4n) is 3.58. The maximum Gasteiger partial charge on any atom is 0.243 e. The molecule has 2 aromatic rings. The number of rotatable bonds is 4. The Kier molecular flexibility index (Phi) is 4.39. The Balaban J connectivity index is 1.48. The molecule has 25 heavy (non-hydrogen) atoms. The normalized spacial score (nSPS) is 18.3. The molecule has 0 radical (unpaired) electrons. The van der Waals surface area contributed by atoms with Crippen LogP contribution in [0.3, 0.4) is 0 Å². The van der Waals surface area contributed by atoms with Gasteiger partial charge >= 0.3 is 0 Å². The second kappa shape index (κ2) is 6.55. The molecule has 1 aliphatic heterocycles. The van der Waals surface area contributed by atoms with Crippen molar-refractivity contribution >= 4 is 32.6 Å². The molecule has 1 saturated heterocycles. The smallest absolute Gasteiger partial charge is 0.243 e. The van der Waals surface area contributed by atoms with Crippen LogP contribution in [0.5, 0.6) is 0 Å². The van der Waals surface area contributed by atoms with Crippen molar-refractivity contribution in [3.63, 3.8) is 0 Å². The summed E-state index contributed by atoms with van der Waals surface area (Å²) in [6.07, 6.45) is 3.99. The number of carbonyl (C=O) groups is 1. The first-order valence-electron chi connectivity index (χ1n) is 8.50. The Labute approximate surface area is 151 Å². The number of hydrogen-bond donors (Lipinski definition) is 0. The minimum Gasteiger partial charge on any atom is -0.361 e. The summed E-state index contributed by atoms with van der Waals surface area (Å²) < 4.78 is 27.5. The van der Waals surface area contributed by atoms with Crippen molar-refractivity contribution in [3.05, 3.63) is 46.3 Å². The first kappa shape index (κ1) is 16.8. The van der Waals surface area contributed by atoms with E-state index in [2.05, 4.69) is 4.90 Å². The van der Waals surface area contributed by atoms with Gasteiger partial charge in [-0.25, -0.2) is 8.42 Å². The third-order valence-corrected chi connectivity index (χ3v) is 7.95. The summed E-state index contributed by atoms with van der Waals surface area (Å²) in [6, 6.07) is 9.32. The van der Waals surface area contributed by atoms with Crippen molar-refractivity contribution in [2.24, 2.45) is 0 Å². The zero-order valence-electron chi connectivity index (χ0n) is 13.8. The zero-order valence-corrected chi connectivity index (χ0v) is 15.5. The fraction of sp³-hybridized carbons (Fsp3) is 0.389. The highest BCUT2D eigenvalue weighted by molar-refractivity contribution is 7.89. The maximum absolute atomic E-state index is 12.9. The van der Waals surface area contributed by atoms with Crippen molar-refractivity contribution in [2.75, 3.05) is 31.1 Å². The van der Waals surface area contributed by atoms with Crippen molar-refractivity contribution in [3.8, 4) is 0 Å². The lowest BCUT2D eigenvalue weighted by molar-refractivity contribution is 0.112. The number of benzene rings is 1. The average Bonchev–Trinajstić information content (AvgIpc) is 3.30. The van der Waals surface area contributed by atoms with Crippen LogP contribution in [0.15, 0.2) is 35.2 Å². The number of hydrogen-bond acceptors (Lipinski definition) is 5. The number of aldehydes is 1. The standard InChI is InChI=1S/C18H20N2O3S2/c21-13-16-5-7-18(24-16)19-8-10-20(11-9-19)25(22,23)17-6-4-14-2-1-3-15(14)12-17/h4-7,12-13H,1-3,8-11H2. The van der Waals surface area contributed by atoms with Gasteiger partial charge < -0.3 is 4.90 Å². The van der Waals surface area contributed by atoms with Gasteiger partial charge in [-0.2, -0.15) is 4.31 Å². The molecule has 1 aromatic carbocycles. The van der Waals surface area contributed by atoms with E-state index in [4.69, 9.17) is 0 Å². The molecular formula is C18H20N2O3S2. The Hall–Kier alpha value is -1.70. The Morgan fingerprint density at radius 3 is 2.44 bits per heavy atom. The van der Waals surface area contributed by atoms with E-state index in [0.717, 1.165) is 30.5 Å². The Morgan fingerprint density at radius 2 is 1.72 bits per heavy atom. The second-order valence-electron chi connectivity index (χ2n) is 6.47. The number of anilines is 1. The summed E-state index contributed by atoms with van der Waals surface area (Å²) in [4.78, 5) is 14.1. The van der Waals surface area contributed by atoms with Crippen LogP contribution in [0.2, 0.25) is 0 Å². The van der Waals surface area contributed by atoms with Crippen LogP contribution >= 0.6 is 11.3 Å². The summed E-state index contributed by atoms with van der Waals surface area (Å²) in [5.74, 6) is 0. The van der Waals surface area contributed by atoms with Crippen molar-refractivity contribution in [1.29, 1.82) is 0 Å². The number of fused-ring (bicyclic) bond motifs is 1. The van der Waals surface area contributed by atoms with E-state index >= 15 is 0 Å². The lowest BCUT2D eigenvalue weighted by Crippen LogP contribution is -2.48. The quantitative estimate of drug-likeness (QED) is 0.770. The van der Waals surface area contributed by atoms with Gasteiger partial charge in [-0.3, -0.25) is 4.79 Å². The topological polar surface area (TPSA) is 57.7 Å². The summed E-state index contributed by atoms with van der Waals surface area (Å²) in [7, 11) is -3.43. The third kappa shape index (κ3) is 3.12. The number of aryl methyl sites for hydroxylation is 2. The predicted octanol–water partition coefficient (Wildman–Crippen LogP) is 2.56. The van der Waals surface area contributed by atoms with Crippen LogP contribution in [-0.4, -0.2) is 45.2 Å². The van der Waals surface area contributed by atoms with Gasteiger partial charge in [0.15, 0.2) is 6.29 Å². The highest BCUT2D eigenvalue weighted by Crippen LogP contribution is 2.29. The molecule has 0 saturated carbocycles. The molecule has 7 heteroatoms. The number of sulfonamides is 1. The largest absolute Gasteiger partial charge is 0.361 e. The molecule has 5 nitrogen and oxygen atoms in total. The molecule has 0 amide bonds. The molecule has 2 heterocycles. The van der Waals surface area contributed by atoms with E-state index in [1.807, 2.05) is 18.2 Å². The van der Waals surface area contributed by atoms with Crippen LogP contribution in [0.1, 0.15) is 27.2 Å². The van der Waals surface area contributed by atoms with E-state index in [-0.39, 0.29) is 0 Å². The number of thiophene rings is 1. The molecule has 1 fully saturated rings. The summed E-state index contributed by atoms with van der Waals surface area (Å²) in [6.45, 7) is 2.22. The number of piperazine rings is 1. The van der Waals surface area contributed by atoms with E-state index in [9.17, 15) is 13.2 Å². The Morgan fingerprint density at radius 1 is 0.960 bits per heavy atom. The van der Waals surface area contributed by atoms with E-state index in [0.29, 0.717) is 36.0 Å². The minimum atomic E-state index is -3.43. The van der Waals surface area contributed by atoms with Gasteiger partial charge in [0, 0.05) is 26.2 Å². The van der Waals surface area contributed by atoms with Gasteiger partial charge in [-0.15, -0.1) is 11.3 Å². The monoisotopic (exact) mass is 376 g/mol. The molecule has 4 rings (SSSR count). The van der Waals surface area contributed by atoms with Gasteiger partial charge in [-0.05, 0) is 54.7 Å². The van der Waals surface area contributed by atoms with Crippen molar-refractivity contribution in [2.45, 2.75) is 24.2 Å². The molecule has 1 aromatic heterocycles. The molecule has 0 spiro atoms. The van der Waals surface area contributed by atoms with Crippen LogP contribution in [0, 0.1) is 0 Å².